The number of ketones is 7. The van der Waals surface area contributed by atoms with Gasteiger partial charge in [0, 0.05) is 54.1 Å². The Kier molecular flexibility index (Phi) is 44.9. The molecule has 0 heterocycles. The van der Waals surface area contributed by atoms with Gasteiger partial charge in [0.15, 0.2) is 40.5 Å². The smallest absolute Gasteiger partial charge is 0.189 e. The highest BCUT2D eigenvalue weighted by molar-refractivity contribution is 9.11. The predicted octanol–water partition coefficient (Wildman–Crippen LogP) is 29.5. The van der Waals surface area contributed by atoms with Gasteiger partial charge in [0.2, 0.25) is 0 Å². The number of methoxy groups -OCH3 is 6. The maximum atomic E-state index is 12.0. The highest BCUT2D eigenvalue weighted by Gasteiger charge is 2.14. The lowest BCUT2D eigenvalue weighted by atomic mass is 10.1. The molecule has 0 saturated heterocycles. The molecule has 14 rings (SSSR count). The standard InChI is InChI=1S/2C16H13BrO3.3C16H13BrO2.C16H13ClO2.C15H11BrO2/c1-20-13-6-2-11(3-7-13)4-8-15(18)14-10-12(17)5-9-16(14)19;1-20-13-4-2-3-11(9-13)5-7-15(18)14-10-12(17)6-8-16(14)19;1-19-15-9-2-12(3-10-15)4-11-16(18)13-5-7-14(17)8-6-13;1-19-15-4-2-3-12(11-15)5-10-16(18)13-6-8-14(17)9-7-13;1-19-15-8-5-12(6-9-15)7-10-16(18)13-3-2-4-14(17)11-13;1-19-15-4-2-3-12(11-15)5-10-16(18)13-6-8-14(17)9-7-13;16-12-7-9-15(18)13(10-12)14(17)8-6-11-4-2-1-3-5-11/h2*2-10,19H,1H3;4*2-11H,1H3;1-10,18H/b8-4+;7-5+;11-4+;10-5+;10-7+;10-5+;8-6+. The van der Waals surface area contributed by atoms with E-state index in [2.05, 4.69) is 95.6 Å². The monoisotopic (exact) mass is 2190 g/mol. The number of phenolic OH excluding ortho intramolecular Hbond substituents is 3. The van der Waals surface area contributed by atoms with E-state index in [1.807, 2.05) is 212 Å². The van der Waals surface area contributed by atoms with E-state index in [4.69, 9.17) is 40.0 Å². The number of allylic oxidation sites excluding steroid dienone is 7. The maximum Gasteiger partial charge on any atom is 0.189 e. The third kappa shape index (κ3) is 37.5. The number of phenols is 3. The summed E-state index contributed by atoms with van der Waals surface area (Å²) in [5.74, 6) is 3.72. The Morgan fingerprint density at radius 3 is 0.746 bits per heavy atom. The Morgan fingerprint density at radius 1 is 0.216 bits per heavy atom. The number of hydrogen-bond donors (Lipinski definition) is 3. The first-order valence-electron chi connectivity index (χ1n) is 40.6. The average molecular weight is 2190 g/mol. The van der Waals surface area contributed by atoms with Crippen molar-refractivity contribution in [3.63, 3.8) is 0 Å². The molecule has 0 saturated carbocycles. The Labute approximate surface area is 834 Å². The summed E-state index contributed by atoms with van der Waals surface area (Å²) >= 11 is 25.6. The van der Waals surface area contributed by atoms with Crippen molar-refractivity contribution < 1.29 is 77.3 Å². The minimum atomic E-state index is -0.258. The zero-order valence-corrected chi connectivity index (χ0v) is 83.3. The number of benzene rings is 14. The molecular weight excluding hydrogens is 2100 g/mol. The summed E-state index contributed by atoms with van der Waals surface area (Å²) < 4.78 is 35.7. The number of hydrogen-bond acceptors (Lipinski definition) is 16. The van der Waals surface area contributed by atoms with Crippen molar-refractivity contribution in [2.45, 2.75) is 0 Å². The molecule has 0 fully saturated rings. The van der Waals surface area contributed by atoms with Gasteiger partial charge in [0.25, 0.3) is 0 Å². The molecule has 14 aromatic rings. The van der Waals surface area contributed by atoms with Crippen molar-refractivity contribution in [1.29, 1.82) is 0 Å². The average Bonchev–Trinajstić information content (AvgIpc) is 0.858. The number of aromatic hydroxyl groups is 3. The molecule has 0 aromatic heterocycles. The first kappa shape index (κ1) is 106. The van der Waals surface area contributed by atoms with E-state index in [0.717, 1.165) is 100 Å². The van der Waals surface area contributed by atoms with Crippen LogP contribution in [0.25, 0.3) is 42.5 Å². The molecule has 0 bridgehead atoms. The highest BCUT2D eigenvalue weighted by Crippen LogP contribution is 2.29. The molecule has 3 N–H and O–H groups in total. The van der Waals surface area contributed by atoms with Crippen LogP contribution in [0.4, 0.5) is 0 Å². The Hall–Kier alpha value is -13.7. The molecule has 0 unspecified atom stereocenters. The summed E-state index contributed by atoms with van der Waals surface area (Å²) in [5.41, 5.74) is 9.90. The van der Waals surface area contributed by atoms with E-state index in [1.165, 1.54) is 42.5 Å². The normalized spacial score (nSPS) is 10.7. The second-order valence-electron chi connectivity index (χ2n) is 28.0. The van der Waals surface area contributed by atoms with Crippen LogP contribution in [0.3, 0.4) is 0 Å². The summed E-state index contributed by atoms with van der Waals surface area (Å²) in [4.78, 5) is 83.8. The molecule has 0 amide bonds. The number of halogens is 7. The van der Waals surface area contributed by atoms with Crippen molar-refractivity contribution in [3.8, 4) is 51.7 Å². The van der Waals surface area contributed by atoms with Crippen molar-refractivity contribution in [3.05, 3.63) is 480 Å². The van der Waals surface area contributed by atoms with Gasteiger partial charge in [-0.05, 0) is 294 Å². The minimum absolute atomic E-state index is 0.0108. The predicted molar refractivity (Wildman–Crippen MR) is 559 cm³/mol. The second-order valence-corrected chi connectivity index (χ2v) is 33.9. The van der Waals surface area contributed by atoms with Crippen LogP contribution in [0, 0.1) is 0 Å². The Bertz CT molecular complexity index is 6380. The third-order valence-corrected chi connectivity index (χ3v) is 21.9. The molecule has 0 atom stereocenters. The zero-order chi connectivity index (χ0) is 96.7. The number of rotatable bonds is 27. The van der Waals surface area contributed by atoms with E-state index < -0.39 is 0 Å². The zero-order valence-electron chi connectivity index (χ0n) is 73.1. The van der Waals surface area contributed by atoms with Gasteiger partial charge >= 0.3 is 0 Å². The van der Waals surface area contributed by atoms with Gasteiger partial charge in [-0.15, -0.1) is 0 Å². The first-order chi connectivity index (χ1) is 64.6. The van der Waals surface area contributed by atoms with Crippen LogP contribution in [-0.4, -0.2) is 98.5 Å². The van der Waals surface area contributed by atoms with E-state index in [-0.39, 0.29) is 74.4 Å². The van der Waals surface area contributed by atoms with E-state index >= 15 is 0 Å². The SMILES string of the molecule is COc1ccc(/C=C/C(=O)c2cc(Br)ccc2O)cc1.COc1ccc(/C=C/C(=O)c2ccc(Br)cc2)cc1.COc1ccc(/C=C/C(=O)c2cccc(Br)c2)cc1.COc1cccc(/C=C/C(=O)c2cc(Br)ccc2O)c1.COc1cccc(/C=C/C(=O)c2ccc(Br)cc2)c1.COc1cccc(/C=C/C(=O)c2ccc(Cl)cc2)c1.O=C(/C=C/c1ccccc1)c1cc(Br)ccc1O. The van der Waals surface area contributed by atoms with Crippen molar-refractivity contribution in [2.24, 2.45) is 0 Å². The number of carbonyl (C=O) groups is 7. The van der Waals surface area contributed by atoms with Crippen LogP contribution in [0.1, 0.15) is 111 Å². The third-order valence-electron chi connectivity index (χ3n) is 18.6. The Balaban J connectivity index is 0.000000192. The van der Waals surface area contributed by atoms with E-state index in [0.29, 0.717) is 27.3 Å². The summed E-state index contributed by atoms with van der Waals surface area (Å²) in [6, 6.07) is 97.5. The fourth-order valence-corrected chi connectivity index (χ4v) is 13.5. The minimum Gasteiger partial charge on any atom is -0.507 e. The van der Waals surface area contributed by atoms with Crippen LogP contribution in [-0.2, 0) is 0 Å². The fourth-order valence-electron chi connectivity index (χ4n) is 11.4. The van der Waals surface area contributed by atoms with Gasteiger partial charge in [-0.1, -0.05) is 265 Å². The van der Waals surface area contributed by atoms with Gasteiger partial charge in [-0.3, -0.25) is 33.6 Å². The molecule has 134 heavy (non-hydrogen) atoms. The molecule has 0 radical (unpaired) electrons. The van der Waals surface area contributed by atoms with Crippen LogP contribution in [0.15, 0.2) is 397 Å². The second kappa shape index (κ2) is 56.9. The topological polar surface area (TPSA) is 236 Å². The summed E-state index contributed by atoms with van der Waals surface area (Å²) in [6.45, 7) is 0. The summed E-state index contributed by atoms with van der Waals surface area (Å²) in [7, 11) is 9.68. The molecule has 678 valence electrons. The van der Waals surface area contributed by atoms with Crippen molar-refractivity contribution in [1.82, 2.24) is 0 Å². The Morgan fingerprint density at radius 2 is 0.455 bits per heavy atom. The number of ether oxygens (including phenoxy) is 6. The largest absolute Gasteiger partial charge is 0.507 e. The molecule has 0 spiro atoms. The molecule has 14 aromatic carbocycles. The summed E-state index contributed by atoms with van der Waals surface area (Å²) in [6.07, 6.45) is 22.8. The molecule has 0 aliphatic carbocycles. The quantitative estimate of drug-likeness (QED) is 0.0321. The van der Waals surface area contributed by atoms with E-state index in [9.17, 15) is 48.9 Å². The molecule has 16 nitrogen and oxygen atoms in total. The highest BCUT2D eigenvalue weighted by atomic mass is 79.9. The van der Waals surface area contributed by atoms with Crippen LogP contribution < -0.4 is 28.4 Å². The van der Waals surface area contributed by atoms with Crippen LogP contribution >= 0.6 is 107 Å². The molecule has 0 aliphatic rings. The van der Waals surface area contributed by atoms with Crippen LogP contribution in [0.5, 0.6) is 51.7 Å². The van der Waals surface area contributed by atoms with Gasteiger partial charge in [-0.25, -0.2) is 0 Å². The van der Waals surface area contributed by atoms with Gasteiger partial charge in [-0.2, -0.15) is 0 Å². The van der Waals surface area contributed by atoms with Crippen molar-refractivity contribution in [2.75, 3.05) is 42.7 Å². The lowest BCUT2D eigenvalue weighted by molar-refractivity contribution is 0.103. The number of carbonyl (C=O) groups excluding carboxylic acids is 7. The van der Waals surface area contributed by atoms with Gasteiger partial charge in [0.05, 0.1) is 59.3 Å². The lowest BCUT2D eigenvalue weighted by Crippen LogP contribution is -1.94. The maximum absolute atomic E-state index is 12.0. The first-order valence-corrected chi connectivity index (χ1v) is 45.7. The van der Waals surface area contributed by atoms with Gasteiger partial charge < -0.3 is 43.7 Å². The molecule has 0 aliphatic heterocycles. The summed E-state index contributed by atoms with van der Waals surface area (Å²) in [5, 5.41) is 29.6. The fraction of sp³-hybridized carbons (Fsp3) is 0.0541. The van der Waals surface area contributed by atoms with Gasteiger partial charge in [0.1, 0.15) is 51.7 Å². The van der Waals surface area contributed by atoms with Crippen molar-refractivity contribution >= 4 is 190 Å². The molecule has 23 heteroatoms. The van der Waals surface area contributed by atoms with E-state index in [1.54, 1.807) is 200 Å². The lowest BCUT2D eigenvalue weighted by Gasteiger charge is -2.02. The molecular formula is C111H89Br6ClO16. The van der Waals surface area contributed by atoms with Crippen LogP contribution in [0.2, 0.25) is 5.02 Å².